The first-order valence-corrected chi connectivity index (χ1v) is 35.8. The van der Waals surface area contributed by atoms with E-state index < -0.39 is 6.10 Å². The van der Waals surface area contributed by atoms with Crippen LogP contribution in [0, 0.1) is 0 Å². The van der Waals surface area contributed by atoms with Crippen molar-refractivity contribution in [3.05, 3.63) is 60.8 Å². The van der Waals surface area contributed by atoms with E-state index in [0.29, 0.717) is 19.3 Å². The lowest BCUT2D eigenvalue weighted by atomic mass is 10.0. The van der Waals surface area contributed by atoms with E-state index in [0.717, 1.165) is 83.5 Å². The van der Waals surface area contributed by atoms with Gasteiger partial charge >= 0.3 is 17.9 Å². The standard InChI is InChI=1S/C75H136O6/c1-4-7-10-13-16-19-22-25-27-29-31-32-33-34-35-36-37-38-39-40-41-42-43-44-45-47-48-50-53-56-59-62-65-68-74(77)80-71-72(70-79-73(76)67-64-61-58-55-52-24-21-18-15-12-9-6-3)81-75(78)69-66-63-60-57-54-51-49-46-30-28-26-23-20-17-14-11-8-5-2/h20,22-23,25,28-31,33-34,72H,4-19,21,24,26-27,32,35-71H2,1-3H3/b23-20-,25-22-,30-28-,31-29-,34-33-. The van der Waals surface area contributed by atoms with Crippen LogP contribution >= 0.6 is 0 Å². The predicted molar refractivity (Wildman–Crippen MR) is 353 cm³/mol. The van der Waals surface area contributed by atoms with Crippen LogP contribution in [0.4, 0.5) is 0 Å². The SMILES string of the molecule is CCCCCC/C=C\C/C=C\CCCCCCCCCC(=O)OC(COC(=O)CCCCCCCCCCCCCC)COC(=O)CCCCCCCCCCCCCCCCCCCC/C=C\C/C=C\C/C=C\CCCCCCC. The zero-order valence-electron chi connectivity index (χ0n) is 54.3. The van der Waals surface area contributed by atoms with Gasteiger partial charge in [-0.25, -0.2) is 0 Å². The van der Waals surface area contributed by atoms with Gasteiger partial charge in [0.05, 0.1) is 0 Å². The smallest absolute Gasteiger partial charge is 0.306 e. The Hall–Kier alpha value is -2.89. The van der Waals surface area contributed by atoms with E-state index in [9.17, 15) is 14.4 Å². The van der Waals surface area contributed by atoms with Crippen molar-refractivity contribution in [1.29, 1.82) is 0 Å². The van der Waals surface area contributed by atoms with E-state index in [1.54, 1.807) is 0 Å². The van der Waals surface area contributed by atoms with Crippen LogP contribution in [0.3, 0.4) is 0 Å². The average Bonchev–Trinajstić information content (AvgIpc) is 3.47. The molecule has 0 fully saturated rings. The van der Waals surface area contributed by atoms with Crippen LogP contribution in [0.25, 0.3) is 0 Å². The molecule has 81 heavy (non-hydrogen) atoms. The van der Waals surface area contributed by atoms with Gasteiger partial charge in [0.1, 0.15) is 13.2 Å². The predicted octanol–water partition coefficient (Wildman–Crippen LogP) is 24.7. The van der Waals surface area contributed by atoms with Gasteiger partial charge in [0.15, 0.2) is 6.10 Å². The number of hydrogen-bond acceptors (Lipinski definition) is 6. The highest BCUT2D eigenvalue weighted by Gasteiger charge is 2.19. The molecular formula is C75H136O6. The van der Waals surface area contributed by atoms with Gasteiger partial charge in [0.25, 0.3) is 0 Å². The monoisotopic (exact) mass is 1130 g/mol. The highest BCUT2D eigenvalue weighted by Crippen LogP contribution is 2.18. The van der Waals surface area contributed by atoms with Crippen LogP contribution < -0.4 is 0 Å². The molecule has 0 saturated carbocycles. The summed E-state index contributed by atoms with van der Waals surface area (Å²) in [6.45, 7) is 6.66. The fraction of sp³-hybridized carbons (Fsp3) is 0.827. The normalized spacial score (nSPS) is 12.4. The number of carbonyl (C=O) groups excluding carboxylic acids is 3. The fourth-order valence-corrected chi connectivity index (χ4v) is 10.6. The van der Waals surface area contributed by atoms with Crippen molar-refractivity contribution >= 4 is 17.9 Å². The van der Waals surface area contributed by atoms with Gasteiger partial charge in [-0.3, -0.25) is 14.4 Å². The highest BCUT2D eigenvalue weighted by atomic mass is 16.6. The molecule has 0 aliphatic heterocycles. The largest absolute Gasteiger partial charge is 0.462 e. The van der Waals surface area contributed by atoms with Crippen LogP contribution in [0.1, 0.15) is 380 Å². The van der Waals surface area contributed by atoms with E-state index in [-0.39, 0.29) is 31.1 Å². The summed E-state index contributed by atoms with van der Waals surface area (Å²) >= 11 is 0. The Morgan fingerprint density at radius 3 is 0.704 bits per heavy atom. The van der Waals surface area contributed by atoms with E-state index in [1.165, 1.54) is 257 Å². The Balaban J connectivity index is 4.14. The molecular weight excluding hydrogens is 997 g/mol. The summed E-state index contributed by atoms with van der Waals surface area (Å²) in [5, 5.41) is 0. The fourth-order valence-electron chi connectivity index (χ4n) is 10.6. The highest BCUT2D eigenvalue weighted by molar-refractivity contribution is 5.71. The number of esters is 3. The lowest BCUT2D eigenvalue weighted by Crippen LogP contribution is -2.30. The molecule has 0 heterocycles. The first-order valence-electron chi connectivity index (χ1n) is 35.8. The Morgan fingerprint density at radius 2 is 0.444 bits per heavy atom. The van der Waals surface area contributed by atoms with E-state index >= 15 is 0 Å². The van der Waals surface area contributed by atoms with Gasteiger partial charge in [0.2, 0.25) is 0 Å². The lowest BCUT2D eigenvalue weighted by molar-refractivity contribution is -0.167. The molecule has 0 spiro atoms. The zero-order chi connectivity index (χ0) is 58.5. The number of allylic oxidation sites excluding steroid dienone is 10. The van der Waals surface area contributed by atoms with Crippen molar-refractivity contribution in [2.45, 2.75) is 386 Å². The number of unbranched alkanes of at least 4 members (excludes halogenated alkanes) is 45. The van der Waals surface area contributed by atoms with Gasteiger partial charge in [-0.05, 0) is 89.9 Å². The lowest BCUT2D eigenvalue weighted by Gasteiger charge is -2.18. The van der Waals surface area contributed by atoms with E-state index in [4.69, 9.17) is 14.2 Å². The molecule has 0 N–H and O–H groups in total. The van der Waals surface area contributed by atoms with Gasteiger partial charge < -0.3 is 14.2 Å². The Morgan fingerprint density at radius 1 is 0.247 bits per heavy atom. The molecule has 1 atom stereocenters. The van der Waals surface area contributed by atoms with Crippen molar-refractivity contribution in [3.63, 3.8) is 0 Å². The third-order valence-electron chi connectivity index (χ3n) is 16.0. The average molecular weight is 1130 g/mol. The van der Waals surface area contributed by atoms with Crippen molar-refractivity contribution in [2.75, 3.05) is 13.2 Å². The van der Waals surface area contributed by atoms with Gasteiger partial charge in [-0.2, -0.15) is 0 Å². The van der Waals surface area contributed by atoms with Crippen molar-refractivity contribution in [3.8, 4) is 0 Å². The third-order valence-corrected chi connectivity index (χ3v) is 16.0. The first kappa shape index (κ1) is 78.1. The zero-order valence-corrected chi connectivity index (χ0v) is 54.3. The summed E-state index contributed by atoms with van der Waals surface area (Å²) in [5.41, 5.74) is 0. The number of carbonyl (C=O) groups is 3. The second kappa shape index (κ2) is 69.6. The summed E-state index contributed by atoms with van der Waals surface area (Å²) in [5.74, 6) is -0.857. The number of hydrogen-bond donors (Lipinski definition) is 0. The van der Waals surface area contributed by atoms with Crippen molar-refractivity contribution in [2.24, 2.45) is 0 Å². The second-order valence-electron chi connectivity index (χ2n) is 24.1. The molecule has 0 saturated heterocycles. The van der Waals surface area contributed by atoms with Crippen LogP contribution in [0.15, 0.2) is 60.8 Å². The third kappa shape index (κ3) is 67.8. The summed E-state index contributed by atoms with van der Waals surface area (Å²) in [6, 6.07) is 0. The first-order chi connectivity index (χ1) is 40.0. The Kier molecular flexibility index (Phi) is 67.1. The number of ether oxygens (including phenoxy) is 3. The van der Waals surface area contributed by atoms with Crippen LogP contribution in [0.2, 0.25) is 0 Å². The van der Waals surface area contributed by atoms with Crippen LogP contribution in [-0.4, -0.2) is 37.2 Å². The summed E-state index contributed by atoms with van der Waals surface area (Å²) in [4.78, 5) is 38.4. The summed E-state index contributed by atoms with van der Waals surface area (Å²) in [7, 11) is 0. The molecule has 0 bridgehead atoms. The Bertz CT molecular complexity index is 1440. The minimum absolute atomic E-state index is 0.0722. The minimum atomic E-state index is -0.776. The minimum Gasteiger partial charge on any atom is -0.462 e. The van der Waals surface area contributed by atoms with Crippen molar-refractivity contribution in [1.82, 2.24) is 0 Å². The molecule has 0 aliphatic carbocycles. The molecule has 0 radical (unpaired) electrons. The van der Waals surface area contributed by atoms with Gasteiger partial charge in [-0.1, -0.05) is 332 Å². The molecule has 1 unspecified atom stereocenters. The topological polar surface area (TPSA) is 78.9 Å². The van der Waals surface area contributed by atoms with Crippen LogP contribution in [0.5, 0.6) is 0 Å². The summed E-state index contributed by atoms with van der Waals surface area (Å²) < 4.78 is 17.0. The molecule has 0 amide bonds. The maximum atomic E-state index is 12.9. The number of rotatable bonds is 66. The maximum absolute atomic E-state index is 12.9. The quantitative estimate of drug-likeness (QED) is 0.0261. The molecule has 6 nitrogen and oxygen atoms in total. The molecule has 6 heteroatoms. The molecule has 0 aliphatic rings. The molecule has 472 valence electrons. The van der Waals surface area contributed by atoms with Crippen LogP contribution in [-0.2, 0) is 28.6 Å². The molecule has 0 rings (SSSR count). The second-order valence-corrected chi connectivity index (χ2v) is 24.1. The Labute approximate surface area is 504 Å². The summed E-state index contributed by atoms with van der Waals surface area (Å²) in [6.07, 6.45) is 89.7. The van der Waals surface area contributed by atoms with Gasteiger partial charge in [-0.15, -0.1) is 0 Å². The van der Waals surface area contributed by atoms with Gasteiger partial charge in [0, 0.05) is 19.3 Å². The van der Waals surface area contributed by atoms with E-state index in [1.807, 2.05) is 0 Å². The van der Waals surface area contributed by atoms with Crippen molar-refractivity contribution < 1.29 is 28.6 Å². The molecule has 0 aromatic carbocycles. The maximum Gasteiger partial charge on any atom is 0.306 e. The van der Waals surface area contributed by atoms with E-state index in [2.05, 4.69) is 81.5 Å². The molecule has 0 aromatic rings. The molecule has 0 aromatic heterocycles.